The molecule has 2 fully saturated rings. The first-order valence-corrected chi connectivity index (χ1v) is 9.24. The van der Waals surface area contributed by atoms with Gasteiger partial charge in [-0.15, -0.1) is 0 Å². The van der Waals surface area contributed by atoms with E-state index in [1.165, 1.54) is 5.56 Å². The molecule has 2 aliphatic rings. The molecular weight excluding hydrogens is 314 g/mol. The lowest BCUT2D eigenvalue weighted by atomic mass is 10.1. The quantitative estimate of drug-likeness (QED) is 0.858. The third-order valence-corrected chi connectivity index (χ3v) is 5.34. The van der Waals surface area contributed by atoms with Crippen LogP contribution in [0.4, 0.5) is 0 Å². The number of aromatic nitrogens is 1. The molecule has 4 rings (SSSR count). The number of hydrogen-bond donors (Lipinski definition) is 0. The minimum atomic E-state index is 0.00408. The number of nitrogens with zero attached hydrogens (tertiary/aromatic N) is 3. The number of carbonyl (C=O) groups is 1. The van der Waals surface area contributed by atoms with Crippen molar-refractivity contribution in [2.75, 3.05) is 19.6 Å². The van der Waals surface area contributed by atoms with E-state index in [0.717, 1.165) is 51.2 Å². The van der Waals surface area contributed by atoms with Gasteiger partial charge in [-0.2, -0.15) is 0 Å². The van der Waals surface area contributed by atoms with Crippen molar-refractivity contribution in [2.45, 2.75) is 44.7 Å². The van der Waals surface area contributed by atoms with Crippen molar-refractivity contribution in [3.05, 3.63) is 53.4 Å². The molecule has 5 nitrogen and oxygen atoms in total. The summed E-state index contributed by atoms with van der Waals surface area (Å²) in [7, 11) is 0. The number of benzene rings is 1. The molecular formula is C20H25N3O2. The predicted octanol–water partition coefficient (Wildman–Crippen LogP) is 3.29. The maximum absolute atomic E-state index is 12.8. The van der Waals surface area contributed by atoms with E-state index in [9.17, 15) is 4.79 Å². The summed E-state index contributed by atoms with van der Waals surface area (Å²) in [5.41, 5.74) is 1.78. The molecule has 2 aromatic rings. The fraction of sp³-hybridized carbons (Fsp3) is 0.500. The molecule has 1 aliphatic carbocycles. The number of hydrogen-bond acceptors (Lipinski definition) is 4. The van der Waals surface area contributed by atoms with E-state index in [4.69, 9.17) is 4.52 Å². The van der Waals surface area contributed by atoms with Gasteiger partial charge in [0.15, 0.2) is 5.69 Å². The van der Waals surface area contributed by atoms with Crippen molar-refractivity contribution in [1.82, 2.24) is 15.0 Å². The van der Waals surface area contributed by atoms with Crippen LogP contribution in [0.3, 0.4) is 0 Å². The minimum Gasteiger partial charge on any atom is -0.360 e. The molecule has 5 heteroatoms. The zero-order chi connectivity index (χ0) is 17.2. The molecule has 1 saturated carbocycles. The average molecular weight is 339 g/mol. The zero-order valence-corrected chi connectivity index (χ0v) is 14.7. The molecule has 1 atom stereocenters. The Bertz CT molecular complexity index is 724. The van der Waals surface area contributed by atoms with E-state index >= 15 is 0 Å². The minimum absolute atomic E-state index is 0.00408. The summed E-state index contributed by atoms with van der Waals surface area (Å²) in [6, 6.07) is 12.8. The van der Waals surface area contributed by atoms with Gasteiger partial charge in [-0.3, -0.25) is 9.69 Å². The van der Waals surface area contributed by atoms with Gasteiger partial charge in [-0.25, -0.2) is 0 Å². The van der Waals surface area contributed by atoms with Crippen LogP contribution >= 0.6 is 0 Å². The highest BCUT2D eigenvalue weighted by Gasteiger charge is 2.31. The first-order valence-electron chi connectivity index (χ1n) is 9.24. The summed E-state index contributed by atoms with van der Waals surface area (Å²) >= 11 is 0. The lowest BCUT2D eigenvalue weighted by Gasteiger charge is -2.26. The van der Waals surface area contributed by atoms with Gasteiger partial charge in [-0.05, 0) is 31.7 Å². The summed E-state index contributed by atoms with van der Waals surface area (Å²) in [5, 5.41) is 4.01. The fourth-order valence-corrected chi connectivity index (χ4v) is 3.47. The second-order valence-corrected chi connectivity index (χ2v) is 7.27. The second kappa shape index (κ2) is 7.00. The Kier molecular flexibility index (Phi) is 4.57. The van der Waals surface area contributed by atoms with Gasteiger partial charge in [0.25, 0.3) is 5.91 Å². The highest BCUT2D eigenvalue weighted by molar-refractivity contribution is 5.92. The zero-order valence-electron chi connectivity index (χ0n) is 14.7. The lowest BCUT2D eigenvalue weighted by Crippen LogP contribution is -2.36. The normalized spacial score (nSPS) is 22.0. The van der Waals surface area contributed by atoms with Crippen LogP contribution in [0.1, 0.15) is 53.9 Å². The van der Waals surface area contributed by atoms with Gasteiger partial charge in [-0.1, -0.05) is 35.5 Å². The largest absolute Gasteiger partial charge is 0.360 e. The SMILES string of the molecule is C[C@H]1CCN(C(=O)c2cc(C3CC3)on2)CCN1Cc1ccccc1. The van der Waals surface area contributed by atoms with Crippen LogP contribution in [0.25, 0.3) is 0 Å². The number of rotatable bonds is 4. The Morgan fingerprint density at radius 3 is 2.72 bits per heavy atom. The van der Waals surface area contributed by atoms with Gasteiger partial charge >= 0.3 is 0 Å². The van der Waals surface area contributed by atoms with Crippen LogP contribution in [0, 0.1) is 0 Å². The maximum atomic E-state index is 12.8. The topological polar surface area (TPSA) is 49.6 Å². The first kappa shape index (κ1) is 16.3. The summed E-state index contributed by atoms with van der Waals surface area (Å²) < 4.78 is 5.35. The van der Waals surface area contributed by atoms with E-state index < -0.39 is 0 Å². The van der Waals surface area contributed by atoms with Crippen LogP contribution < -0.4 is 0 Å². The summed E-state index contributed by atoms with van der Waals surface area (Å²) in [6.07, 6.45) is 3.28. The van der Waals surface area contributed by atoms with Gasteiger partial charge in [0.05, 0.1) is 0 Å². The van der Waals surface area contributed by atoms with Gasteiger partial charge < -0.3 is 9.42 Å². The number of amides is 1. The molecule has 0 N–H and O–H groups in total. The molecule has 1 amide bonds. The van der Waals surface area contributed by atoms with Crippen LogP contribution in [0.2, 0.25) is 0 Å². The molecule has 1 aromatic heterocycles. The van der Waals surface area contributed by atoms with Crippen molar-refractivity contribution in [2.24, 2.45) is 0 Å². The molecule has 25 heavy (non-hydrogen) atoms. The first-order chi connectivity index (χ1) is 12.2. The Labute approximate surface area is 148 Å². The number of carbonyl (C=O) groups excluding carboxylic acids is 1. The lowest BCUT2D eigenvalue weighted by molar-refractivity contribution is 0.0750. The highest BCUT2D eigenvalue weighted by atomic mass is 16.5. The standard InChI is InChI=1S/C20H25N3O2/c1-15-9-10-22(11-12-23(15)14-16-5-3-2-4-6-16)20(24)18-13-19(25-21-18)17-7-8-17/h2-6,13,15,17H,7-12,14H2,1H3/t15-/m0/s1. The second-order valence-electron chi connectivity index (χ2n) is 7.27. The smallest absolute Gasteiger partial charge is 0.276 e. The molecule has 0 radical (unpaired) electrons. The Morgan fingerprint density at radius 1 is 1.16 bits per heavy atom. The Morgan fingerprint density at radius 2 is 1.96 bits per heavy atom. The van der Waals surface area contributed by atoms with Crippen molar-refractivity contribution in [3.63, 3.8) is 0 Å². The van der Waals surface area contributed by atoms with Gasteiger partial charge in [0.1, 0.15) is 5.76 Å². The predicted molar refractivity (Wildman–Crippen MR) is 95.3 cm³/mol. The van der Waals surface area contributed by atoms with Gasteiger partial charge in [0.2, 0.25) is 0 Å². The average Bonchev–Trinajstić information content (AvgIpc) is 3.40. The Hall–Kier alpha value is -2.14. The van der Waals surface area contributed by atoms with Gasteiger partial charge in [0, 0.05) is 44.2 Å². The van der Waals surface area contributed by atoms with E-state index in [1.807, 2.05) is 17.0 Å². The third kappa shape index (κ3) is 3.76. The molecule has 1 aromatic carbocycles. The van der Waals surface area contributed by atoms with Crippen molar-refractivity contribution in [1.29, 1.82) is 0 Å². The highest BCUT2D eigenvalue weighted by Crippen LogP contribution is 2.40. The molecule has 132 valence electrons. The van der Waals surface area contributed by atoms with Crippen LogP contribution in [0.15, 0.2) is 40.9 Å². The van der Waals surface area contributed by atoms with Crippen LogP contribution in [-0.2, 0) is 6.54 Å². The molecule has 0 spiro atoms. The summed E-state index contributed by atoms with van der Waals surface area (Å²) in [4.78, 5) is 17.2. The maximum Gasteiger partial charge on any atom is 0.276 e. The fourth-order valence-electron chi connectivity index (χ4n) is 3.47. The van der Waals surface area contributed by atoms with Crippen LogP contribution in [0.5, 0.6) is 0 Å². The summed E-state index contributed by atoms with van der Waals surface area (Å²) in [5.74, 6) is 1.36. The van der Waals surface area contributed by atoms with Crippen molar-refractivity contribution >= 4 is 5.91 Å². The Balaban J connectivity index is 1.40. The van der Waals surface area contributed by atoms with Crippen LogP contribution in [-0.4, -0.2) is 46.5 Å². The molecule has 2 heterocycles. The monoisotopic (exact) mass is 339 g/mol. The molecule has 1 aliphatic heterocycles. The van der Waals surface area contributed by atoms with Crippen molar-refractivity contribution in [3.8, 4) is 0 Å². The third-order valence-electron chi connectivity index (χ3n) is 5.34. The van der Waals surface area contributed by atoms with E-state index in [-0.39, 0.29) is 5.91 Å². The van der Waals surface area contributed by atoms with E-state index in [0.29, 0.717) is 17.7 Å². The molecule has 1 saturated heterocycles. The molecule has 0 unspecified atom stereocenters. The molecule has 0 bridgehead atoms. The van der Waals surface area contributed by atoms with Crippen molar-refractivity contribution < 1.29 is 9.32 Å². The summed E-state index contributed by atoms with van der Waals surface area (Å²) in [6.45, 7) is 5.58. The van der Waals surface area contributed by atoms with E-state index in [2.05, 4.69) is 41.2 Å². The van der Waals surface area contributed by atoms with E-state index in [1.54, 1.807) is 0 Å².